The van der Waals surface area contributed by atoms with Crippen LogP contribution in [0.2, 0.25) is 0 Å². The number of fused-ring (bicyclic) bond motifs is 1. The Balaban J connectivity index is 0.00000272. The van der Waals surface area contributed by atoms with Gasteiger partial charge in [0.05, 0.1) is 30.9 Å². The van der Waals surface area contributed by atoms with Crippen LogP contribution < -0.4 is 5.32 Å². The maximum absolute atomic E-state index is 6.17. The van der Waals surface area contributed by atoms with Crippen molar-refractivity contribution >= 4 is 40.8 Å². The van der Waals surface area contributed by atoms with Crippen molar-refractivity contribution in [3.8, 4) is 0 Å². The molecule has 2 fully saturated rings. The molecule has 2 aromatic rings. The molecular formula is C24H35IN4O2. The second-order valence-corrected chi connectivity index (χ2v) is 8.17. The van der Waals surface area contributed by atoms with Crippen LogP contribution in [-0.4, -0.2) is 60.9 Å². The second kappa shape index (κ2) is 12.6. The van der Waals surface area contributed by atoms with Gasteiger partial charge in [0, 0.05) is 37.8 Å². The number of aliphatic imine (C=N–C) groups is 1. The summed E-state index contributed by atoms with van der Waals surface area (Å²) < 4.78 is 12.0. The minimum absolute atomic E-state index is 0. The largest absolute Gasteiger partial charge is 0.376 e. The highest BCUT2D eigenvalue weighted by atomic mass is 127. The van der Waals surface area contributed by atoms with Gasteiger partial charge >= 0.3 is 0 Å². The standard InChI is InChI=1S/C24H34N4O2.HI/c1-2-25-24(27-17-19-10-13-26-23-9-4-3-8-22(19)23)28-14-11-20(12-15-28)30-18-21-7-5-6-16-29-21;/h3-4,8-10,13,20-21H,2,5-7,11-12,14-18H2,1H3,(H,25,27);1H. The first-order valence-corrected chi connectivity index (χ1v) is 11.4. The van der Waals surface area contributed by atoms with Crippen LogP contribution >= 0.6 is 24.0 Å². The third-order valence-electron chi connectivity index (χ3n) is 6.01. The van der Waals surface area contributed by atoms with Crippen molar-refractivity contribution in [3.05, 3.63) is 42.1 Å². The molecule has 1 unspecified atom stereocenters. The first-order valence-electron chi connectivity index (χ1n) is 11.4. The number of halogens is 1. The molecule has 0 radical (unpaired) electrons. The van der Waals surface area contributed by atoms with Gasteiger partial charge in [0.1, 0.15) is 0 Å². The van der Waals surface area contributed by atoms with E-state index in [1.807, 2.05) is 12.3 Å². The summed E-state index contributed by atoms with van der Waals surface area (Å²) >= 11 is 0. The van der Waals surface area contributed by atoms with E-state index in [-0.39, 0.29) is 24.0 Å². The number of likely N-dealkylation sites (tertiary alicyclic amines) is 1. The van der Waals surface area contributed by atoms with E-state index in [0.717, 1.165) is 63.6 Å². The van der Waals surface area contributed by atoms with Crippen LogP contribution in [0.25, 0.3) is 10.9 Å². The van der Waals surface area contributed by atoms with Crippen LogP contribution in [0.5, 0.6) is 0 Å². The molecule has 4 rings (SSSR count). The predicted molar refractivity (Wildman–Crippen MR) is 136 cm³/mol. The highest BCUT2D eigenvalue weighted by Crippen LogP contribution is 2.19. The second-order valence-electron chi connectivity index (χ2n) is 8.17. The molecule has 31 heavy (non-hydrogen) atoms. The summed E-state index contributed by atoms with van der Waals surface area (Å²) in [4.78, 5) is 11.8. The molecule has 1 atom stereocenters. The summed E-state index contributed by atoms with van der Waals surface area (Å²) in [5.74, 6) is 0.993. The third kappa shape index (κ3) is 6.76. The number of hydrogen-bond donors (Lipinski definition) is 1. The van der Waals surface area contributed by atoms with E-state index in [2.05, 4.69) is 46.4 Å². The van der Waals surface area contributed by atoms with Gasteiger partial charge < -0.3 is 19.7 Å². The number of benzene rings is 1. The SMILES string of the molecule is CCNC(=NCc1ccnc2ccccc12)N1CCC(OCC2CCCCO2)CC1.I. The first kappa shape index (κ1) is 24.2. The predicted octanol–water partition coefficient (Wildman–Crippen LogP) is 4.37. The molecule has 1 aromatic carbocycles. The van der Waals surface area contributed by atoms with Crippen LogP contribution in [0.3, 0.4) is 0 Å². The van der Waals surface area contributed by atoms with Gasteiger partial charge in [-0.25, -0.2) is 4.99 Å². The molecular weight excluding hydrogens is 503 g/mol. The molecule has 2 aliphatic heterocycles. The quantitative estimate of drug-likeness (QED) is 0.337. The minimum atomic E-state index is 0. The average molecular weight is 538 g/mol. The molecule has 7 heteroatoms. The van der Waals surface area contributed by atoms with Gasteiger partial charge in [0.15, 0.2) is 5.96 Å². The average Bonchev–Trinajstić information content (AvgIpc) is 2.81. The smallest absolute Gasteiger partial charge is 0.194 e. The van der Waals surface area contributed by atoms with Crippen LogP contribution in [-0.2, 0) is 16.0 Å². The van der Waals surface area contributed by atoms with E-state index in [1.54, 1.807) is 0 Å². The summed E-state index contributed by atoms with van der Waals surface area (Å²) in [6.45, 7) is 7.22. The third-order valence-corrected chi connectivity index (χ3v) is 6.01. The van der Waals surface area contributed by atoms with Crippen molar-refractivity contribution < 1.29 is 9.47 Å². The lowest BCUT2D eigenvalue weighted by atomic mass is 10.1. The number of para-hydroxylation sites is 1. The number of rotatable bonds is 6. The van der Waals surface area contributed by atoms with Crippen molar-refractivity contribution in [2.24, 2.45) is 4.99 Å². The van der Waals surface area contributed by atoms with Crippen molar-refractivity contribution in [1.29, 1.82) is 0 Å². The number of guanidine groups is 1. The Kier molecular flexibility index (Phi) is 9.80. The van der Waals surface area contributed by atoms with E-state index >= 15 is 0 Å². The molecule has 3 heterocycles. The lowest BCUT2D eigenvalue weighted by Gasteiger charge is -2.35. The number of nitrogens with one attached hydrogen (secondary N) is 1. The Morgan fingerprint density at radius 1 is 1.19 bits per heavy atom. The highest BCUT2D eigenvalue weighted by molar-refractivity contribution is 14.0. The Morgan fingerprint density at radius 2 is 2.03 bits per heavy atom. The lowest BCUT2D eigenvalue weighted by molar-refractivity contribution is -0.0721. The summed E-state index contributed by atoms with van der Waals surface area (Å²) in [5.41, 5.74) is 2.23. The minimum Gasteiger partial charge on any atom is -0.376 e. The maximum Gasteiger partial charge on any atom is 0.194 e. The van der Waals surface area contributed by atoms with Crippen LogP contribution in [0.15, 0.2) is 41.5 Å². The zero-order valence-electron chi connectivity index (χ0n) is 18.5. The molecule has 1 N–H and O–H groups in total. The number of pyridine rings is 1. The summed E-state index contributed by atoms with van der Waals surface area (Å²) in [6, 6.07) is 10.3. The number of ether oxygens (including phenoxy) is 2. The topological polar surface area (TPSA) is 59.0 Å². The van der Waals surface area contributed by atoms with Crippen LogP contribution in [0.1, 0.15) is 44.6 Å². The van der Waals surface area contributed by atoms with E-state index < -0.39 is 0 Å². The van der Waals surface area contributed by atoms with Gasteiger partial charge in [-0.15, -0.1) is 24.0 Å². The Labute approximate surface area is 202 Å². The van der Waals surface area contributed by atoms with E-state index in [1.165, 1.54) is 23.8 Å². The van der Waals surface area contributed by atoms with Gasteiger partial charge in [-0.05, 0) is 56.7 Å². The zero-order chi connectivity index (χ0) is 20.6. The molecule has 0 amide bonds. The molecule has 0 bridgehead atoms. The van der Waals surface area contributed by atoms with Crippen molar-refractivity contribution in [2.45, 2.75) is 57.8 Å². The van der Waals surface area contributed by atoms with Gasteiger partial charge in [-0.1, -0.05) is 18.2 Å². The zero-order valence-corrected chi connectivity index (χ0v) is 20.8. The highest BCUT2D eigenvalue weighted by Gasteiger charge is 2.23. The maximum atomic E-state index is 6.17. The Hall–Kier alpha value is -1.45. The Morgan fingerprint density at radius 3 is 2.81 bits per heavy atom. The van der Waals surface area contributed by atoms with Crippen molar-refractivity contribution in [3.63, 3.8) is 0 Å². The summed E-state index contributed by atoms with van der Waals surface area (Å²) in [6.07, 6.45) is 8.17. The van der Waals surface area contributed by atoms with Crippen molar-refractivity contribution in [2.75, 3.05) is 32.8 Å². The Bertz CT molecular complexity index is 828. The van der Waals surface area contributed by atoms with E-state index in [4.69, 9.17) is 14.5 Å². The fraction of sp³-hybridized carbons (Fsp3) is 0.583. The fourth-order valence-corrected chi connectivity index (χ4v) is 4.30. The normalized spacial score (nSPS) is 20.5. The molecule has 0 aliphatic carbocycles. The van der Waals surface area contributed by atoms with Gasteiger partial charge in [-0.3, -0.25) is 4.98 Å². The summed E-state index contributed by atoms with van der Waals surface area (Å²) in [7, 11) is 0. The van der Waals surface area contributed by atoms with Gasteiger partial charge in [0.2, 0.25) is 0 Å². The van der Waals surface area contributed by atoms with E-state index in [0.29, 0.717) is 18.8 Å². The van der Waals surface area contributed by atoms with Crippen LogP contribution in [0.4, 0.5) is 0 Å². The number of aromatic nitrogens is 1. The molecule has 170 valence electrons. The summed E-state index contributed by atoms with van der Waals surface area (Å²) in [5, 5.41) is 4.65. The number of nitrogens with zero attached hydrogens (tertiary/aromatic N) is 3. The molecule has 2 saturated heterocycles. The molecule has 0 spiro atoms. The van der Waals surface area contributed by atoms with E-state index in [9.17, 15) is 0 Å². The molecule has 1 aromatic heterocycles. The lowest BCUT2D eigenvalue weighted by Crippen LogP contribution is -2.47. The molecule has 0 saturated carbocycles. The first-order chi connectivity index (χ1) is 14.8. The monoisotopic (exact) mass is 538 g/mol. The number of hydrogen-bond acceptors (Lipinski definition) is 4. The van der Waals surface area contributed by atoms with Crippen LogP contribution in [0, 0.1) is 0 Å². The molecule has 6 nitrogen and oxygen atoms in total. The van der Waals surface area contributed by atoms with Gasteiger partial charge in [0.25, 0.3) is 0 Å². The van der Waals surface area contributed by atoms with Gasteiger partial charge in [-0.2, -0.15) is 0 Å². The van der Waals surface area contributed by atoms with Crippen molar-refractivity contribution in [1.82, 2.24) is 15.2 Å². The fourth-order valence-electron chi connectivity index (χ4n) is 4.30. The molecule has 2 aliphatic rings. The number of piperidine rings is 1.